The van der Waals surface area contributed by atoms with Crippen LogP contribution in [-0.4, -0.2) is 12.7 Å². The summed E-state index contributed by atoms with van der Waals surface area (Å²) in [5, 5.41) is 1.36. The third-order valence-corrected chi connectivity index (χ3v) is 0.822. The van der Waals surface area contributed by atoms with Crippen molar-refractivity contribution in [2.24, 2.45) is 0 Å². The number of carbonyl (C=O) groups excluding carboxylic acids is 1. The van der Waals surface area contributed by atoms with E-state index < -0.39 is 6.09 Å². The van der Waals surface area contributed by atoms with Crippen LogP contribution in [0.3, 0.4) is 0 Å². The molecule has 0 saturated carbocycles. The normalized spacial score (nSPS) is 8.56. The van der Waals surface area contributed by atoms with Gasteiger partial charge in [-0.05, 0) is 6.42 Å². The standard InChI is InChI=1S/C5H10N2O2/c1-2-3-4-9-5(8)7-6/h7H,2-4H2,1H3. The number of amides is 1. The molecule has 0 aliphatic carbocycles. The van der Waals surface area contributed by atoms with Crippen LogP contribution in [0, 0.1) is 0 Å². The van der Waals surface area contributed by atoms with Gasteiger partial charge in [-0.15, -0.1) is 0 Å². The molecule has 0 aromatic carbocycles. The van der Waals surface area contributed by atoms with Crippen molar-refractivity contribution in [2.75, 3.05) is 6.61 Å². The molecule has 0 atom stereocenters. The largest absolute Gasteiger partial charge is 0.583 e. The van der Waals surface area contributed by atoms with Gasteiger partial charge in [0.1, 0.15) is 0 Å². The Bertz CT molecular complexity index is 103. The zero-order valence-corrected chi connectivity index (χ0v) is 5.39. The van der Waals surface area contributed by atoms with E-state index in [9.17, 15) is 4.79 Å². The Labute approximate surface area is 53.7 Å². The van der Waals surface area contributed by atoms with Crippen LogP contribution >= 0.6 is 0 Å². The first-order chi connectivity index (χ1) is 4.31. The van der Waals surface area contributed by atoms with Gasteiger partial charge in [0, 0.05) is 0 Å². The van der Waals surface area contributed by atoms with E-state index in [2.05, 4.69) is 4.74 Å². The van der Waals surface area contributed by atoms with E-state index in [0.29, 0.717) is 6.61 Å². The third kappa shape index (κ3) is 4.93. The molecule has 52 valence electrons. The highest BCUT2D eigenvalue weighted by atomic mass is 16.5. The van der Waals surface area contributed by atoms with Gasteiger partial charge >= 0.3 is 6.09 Å². The van der Waals surface area contributed by atoms with Crippen molar-refractivity contribution in [1.29, 1.82) is 0 Å². The highest BCUT2D eigenvalue weighted by molar-refractivity contribution is 5.54. The summed E-state index contributed by atoms with van der Waals surface area (Å²) in [6.45, 7) is 2.35. The van der Waals surface area contributed by atoms with Crippen LogP contribution in [0.25, 0.3) is 5.53 Å². The first-order valence-corrected chi connectivity index (χ1v) is 2.88. The van der Waals surface area contributed by atoms with Crippen molar-refractivity contribution >= 4 is 6.09 Å². The van der Waals surface area contributed by atoms with Gasteiger partial charge in [-0.1, -0.05) is 13.3 Å². The molecule has 0 aliphatic rings. The van der Waals surface area contributed by atoms with Gasteiger partial charge in [0.05, 0.1) is 6.61 Å². The van der Waals surface area contributed by atoms with Crippen molar-refractivity contribution in [2.45, 2.75) is 19.8 Å². The molecule has 0 heterocycles. The Morgan fingerprint density at radius 2 is 2.44 bits per heavy atom. The van der Waals surface area contributed by atoms with Crippen molar-refractivity contribution in [3.05, 3.63) is 5.53 Å². The van der Waals surface area contributed by atoms with E-state index in [0.717, 1.165) is 12.8 Å². The van der Waals surface area contributed by atoms with E-state index in [4.69, 9.17) is 5.53 Å². The van der Waals surface area contributed by atoms with Crippen LogP contribution in [-0.2, 0) is 4.74 Å². The quantitative estimate of drug-likeness (QED) is 0.432. The van der Waals surface area contributed by atoms with E-state index in [1.165, 1.54) is 5.11 Å². The summed E-state index contributed by atoms with van der Waals surface area (Å²) in [5.41, 5.74) is 7.91. The van der Waals surface area contributed by atoms with E-state index in [1.54, 1.807) is 0 Å². The Morgan fingerprint density at radius 1 is 1.78 bits per heavy atom. The summed E-state index contributed by atoms with van der Waals surface area (Å²) in [7, 11) is 0. The SMILES string of the molecule is CCCCOC(=O)[NH+]=[N-]. The number of unbranched alkanes of at least 4 members (excludes halogenated alkanes) is 1. The number of carbonyl (C=O) groups is 1. The summed E-state index contributed by atoms with van der Waals surface area (Å²) in [5.74, 6) is 0. The molecule has 1 amide bonds. The van der Waals surface area contributed by atoms with Crippen molar-refractivity contribution in [3.8, 4) is 0 Å². The van der Waals surface area contributed by atoms with Gasteiger partial charge < -0.3 is 10.3 Å². The Balaban J connectivity index is 3.07. The topological polar surface area (TPSA) is 62.6 Å². The van der Waals surface area contributed by atoms with Gasteiger partial charge in [0.25, 0.3) is 0 Å². The summed E-state index contributed by atoms with van der Waals surface area (Å²) in [6.07, 6.45) is 1.01. The fourth-order valence-corrected chi connectivity index (χ4v) is 0.341. The predicted molar refractivity (Wildman–Crippen MR) is 30.6 cm³/mol. The highest BCUT2D eigenvalue weighted by Gasteiger charge is 1.98. The lowest BCUT2D eigenvalue weighted by atomic mass is 10.4. The van der Waals surface area contributed by atoms with Gasteiger partial charge in [-0.3, -0.25) is 0 Å². The number of hydrogen-bond donors (Lipinski definition) is 1. The number of ether oxygens (including phenoxy) is 1. The molecule has 0 fully saturated rings. The summed E-state index contributed by atoms with van der Waals surface area (Å²) in [6, 6.07) is 0. The molecule has 0 aromatic heterocycles. The third-order valence-electron chi connectivity index (χ3n) is 0.822. The number of rotatable bonds is 3. The molecule has 0 unspecified atom stereocenters. The average molecular weight is 130 g/mol. The molecule has 0 radical (unpaired) electrons. The van der Waals surface area contributed by atoms with E-state index in [-0.39, 0.29) is 0 Å². The van der Waals surface area contributed by atoms with Gasteiger partial charge in [-0.2, -0.15) is 4.79 Å². The fraction of sp³-hybridized carbons (Fsp3) is 0.800. The molecule has 4 nitrogen and oxygen atoms in total. The van der Waals surface area contributed by atoms with Crippen LogP contribution in [0.4, 0.5) is 4.79 Å². The van der Waals surface area contributed by atoms with Crippen molar-refractivity contribution < 1.29 is 14.6 Å². The second-order valence-corrected chi connectivity index (χ2v) is 1.60. The zero-order chi connectivity index (χ0) is 7.11. The van der Waals surface area contributed by atoms with E-state index >= 15 is 0 Å². The molecular weight excluding hydrogens is 120 g/mol. The maximum Gasteiger partial charge on any atom is 0.583 e. The average Bonchev–Trinajstić information content (AvgIpc) is 1.89. The molecule has 0 bridgehead atoms. The lowest BCUT2D eigenvalue weighted by Gasteiger charge is -1.93. The highest BCUT2D eigenvalue weighted by Crippen LogP contribution is 1.85. The maximum absolute atomic E-state index is 10.1. The predicted octanol–water partition coefficient (Wildman–Crippen LogP) is 0.0253. The lowest BCUT2D eigenvalue weighted by Crippen LogP contribution is -2.68. The van der Waals surface area contributed by atoms with Crippen LogP contribution in [0.1, 0.15) is 19.8 Å². The van der Waals surface area contributed by atoms with Gasteiger partial charge in [0.15, 0.2) is 0 Å². The molecular formula is C5H10N2O2. The Kier molecular flexibility index (Phi) is 4.67. The van der Waals surface area contributed by atoms with Crippen LogP contribution in [0.15, 0.2) is 0 Å². The van der Waals surface area contributed by atoms with E-state index in [1.807, 2.05) is 6.92 Å². The Morgan fingerprint density at radius 3 is 2.89 bits per heavy atom. The van der Waals surface area contributed by atoms with Gasteiger partial charge in [0.2, 0.25) is 0 Å². The van der Waals surface area contributed by atoms with Crippen molar-refractivity contribution in [3.63, 3.8) is 0 Å². The molecule has 0 spiro atoms. The number of nitrogens with one attached hydrogen (secondary N) is 1. The number of hydrogen-bond acceptors (Lipinski definition) is 2. The minimum Gasteiger partial charge on any atom is -0.496 e. The lowest BCUT2D eigenvalue weighted by molar-refractivity contribution is -0.392. The second kappa shape index (κ2) is 5.21. The smallest absolute Gasteiger partial charge is 0.496 e. The monoisotopic (exact) mass is 130 g/mol. The van der Waals surface area contributed by atoms with Crippen LogP contribution < -0.4 is 5.11 Å². The molecule has 0 saturated heterocycles. The summed E-state index contributed by atoms with van der Waals surface area (Å²) < 4.78 is 4.43. The molecule has 0 rings (SSSR count). The summed E-state index contributed by atoms with van der Waals surface area (Å²) in [4.78, 5) is 10.1. The number of nitrogens with zero attached hydrogens (tertiary/aromatic N) is 1. The minimum atomic E-state index is -0.788. The molecule has 0 aliphatic heterocycles. The fourth-order valence-electron chi connectivity index (χ4n) is 0.341. The maximum atomic E-state index is 10.1. The molecule has 1 N–H and O–H groups in total. The van der Waals surface area contributed by atoms with Crippen LogP contribution in [0.5, 0.6) is 0 Å². The zero-order valence-electron chi connectivity index (χ0n) is 5.39. The van der Waals surface area contributed by atoms with Crippen molar-refractivity contribution in [1.82, 2.24) is 0 Å². The Hall–Kier alpha value is -0.930. The molecule has 9 heavy (non-hydrogen) atoms. The first-order valence-electron chi connectivity index (χ1n) is 2.88. The minimum absolute atomic E-state index is 0.364. The molecule has 0 aromatic rings. The molecule has 4 heteroatoms. The first kappa shape index (κ1) is 8.07. The van der Waals surface area contributed by atoms with Crippen LogP contribution in [0.2, 0.25) is 0 Å². The second-order valence-electron chi connectivity index (χ2n) is 1.60. The summed E-state index contributed by atoms with van der Waals surface area (Å²) >= 11 is 0. The van der Waals surface area contributed by atoms with Gasteiger partial charge in [-0.25, -0.2) is 5.11 Å².